The SMILES string of the molecule is CC(Cl)C(=O)c1ccc(C(C)C)cc1C(C)C. The van der Waals surface area contributed by atoms with E-state index in [-0.39, 0.29) is 5.78 Å². The van der Waals surface area contributed by atoms with Crippen LogP contribution in [0.1, 0.15) is 67.9 Å². The number of carbonyl (C=O) groups excluding carboxylic acids is 1. The highest BCUT2D eigenvalue weighted by Crippen LogP contribution is 2.26. The molecule has 2 heteroatoms. The van der Waals surface area contributed by atoms with Crippen LogP contribution in [0.25, 0.3) is 0 Å². The molecule has 0 spiro atoms. The maximum atomic E-state index is 12.0. The van der Waals surface area contributed by atoms with E-state index in [0.29, 0.717) is 11.8 Å². The van der Waals surface area contributed by atoms with Gasteiger partial charge in [0.1, 0.15) is 0 Å². The zero-order valence-corrected chi connectivity index (χ0v) is 12.0. The topological polar surface area (TPSA) is 17.1 Å². The van der Waals surface area contributed by atoms with Crippen LogP contribution in [0.3, 0.4) is 0 Å². The summed E-state index contributed by atoms with van der Waals surface area (Å²) in [5.41, 5.74) is 3.15. The summed E-state index contributed by atoms with van der Waals surface area (Å²) in [4.78, 5) is 12.0. The van der Waals surface area contributed by atoms with Gasteiger partial charge in [-0.25, -0.2) is 0 Å². The Labute approximate surface area is 109 Å². The van der Waals surface area contributed by atoms with E-state index >= 15 is 0 Å². The van der Waals surface area contributed by atoms with Gasteiger partial charge < -0.3 is 0 Å². The van der Waals surface area contributed by atoms with Crippen LogP contribution in [0, 0.1) is 0 Å². The van der Waals surface area contributed by atoms with Crippen LogP contribution in [0.15, 0.2) is 18.2 Å². The first-order valence-electron chi connectivity index (χ1n) is 6.16. The Morgan fingerprint density at radius 3 is 2.06 bits per heavy atom. The highest BCUT2D eigenvalue weighted by molar-refractivity contribution is 6.33. The van der Waals surface area contributed by atoms with Crippen molar-refractivity contribution in [2.75, 3.05) is 0 Å². The Kier molecular flexibility index (Phi) is 4.76. The minimum atomic E-state index is -0.461. The molecular formula is C15H21ClO. The zero-order valence-electron chi connectivity index (χ0n) is 11.3. The van der Waals surface area contributed by atoms with E-state index in [0.717, 1.165) is 11.1 Å². The van der Waals surface area contributed by atoms with Gasteiger partial charge in [0, 0.05) is 5.56 Å². The number of benzene rings is 1. The van der Waals surface area contributed by atoms with E-state index < -0.39 is 5.38 Å². The minimum absolute atomic E-state index is 0.0191. The maximum Gasteiger partial charge on any atom is 0.180 e. The van der Waals surface area contributed by atoms with Crippen molar-refractivity contribution < 1.29 is 4.79 Å². The molecule has 1 unspecified atom stereocenters. The van der Waals surface area contributed by atoms with Crippen molar-refractivity contribution in [1.29, 1.82) is 0 Å². The molecule has 0 heterocycles. The molecule has 1 nitrogen and oxygen atoms in total. The second-order valence-electron chi connectivity index (χ2n) is 5.14. The van der Waals surface area contributed by atoms with Crippen LogP contribution in [0.4, 0.5) is 0 Å². The molecule has 1 atom stereocenters. The lowest BCUT2D eigenvalue weighted by atomic mass is 9.89. The molecular weight excluding hydrogens is 232 g/mol. The van der Waals surface area contributed by atoms with Crippen molar-refractivity contribution in [2.24, 2.45) is 0 Å². The van der Waals surface area contributed by atoms with E-state index in [2.05, 4.69) is 33.8 Å². The third-order valence-corrected chi connectivity index (χ3v) is 3.19. The zero-order chi connectivity index (χ0) is 13.2. The molecule has 0 aliphatic rings. The molecule has 1 aromatic carbocycles. The Morgan fingerprint density at radius 2 is 1.65 bits per heavy atom. The molecule has 1 rings (SSSR count). The third-order valence-electron chi connectivity index (χ3n) is 2.99. The van der Waals surface area contributed by atoms with Gasteiger partial charge in [-0.15, -0.1) is 11.6 Å². The Bertz CT molecular complexity index is 405. The summed E-state index contributed by atoms with van der Waals surface area (Å²) in [5, 5.41) is -0.461. The minimum Gasteiger partial charge on any atom is -0.293 e. The highest BCUT2D eigenvalue weighted by atomic mass is 35.5. The largest absolute Gasteiger partial charge is 0.293 e. The van der Waals surface area contributed by atoms with E-state index in [9.17, 15) is 4.79 Å². The average molecular weight is 253 g/mol. The molecule has 0 bridgehead atoms. The monoisotopic (exact) mass is 252 g/mol. The van der Waals surface area contributed by atoms with Gasteiger partial charge >= 0.3 is 0 Å². The summed E-state index contributed by atoms with van der Waals surface area (Å²) in [5.74, 6) is 0.832. The molecule has 0 fully saturated rings. The summed E-state index contributed by atoms with van der Waals surface area (Å²) in [7, 11) is 0. The van der Waals surface area contributed by atoms with Gasteiger partial charge in [-0.1, -0.05) is 45.9 Å². The number of hydrogen-bond donors (Lipinski definition) is 0. The Balaban J connectivity index is 3.27. The number of rotatable bonds is 4. The van der Waals surface area contributed by atoms with Crippen LogP contribution in [0.5, 0.6) is 0 Å². The molecule has 0 amide bonds. The predicted octanol–water partition coefficient (Wildman–Crippen LogP) is 4.74. The second-order valence-corrected chi connectivity index (χ2v) is 5.79. The number of carbonyl (C=O) groups is 1. The van der Waals surface area contributed by atoms with Crippen molar-refractivity contribution >= 4 is 17.4 Å². The lowest BCUT2D eigenvalue weighted by Crippen LogP contribution is -2.14. The summed E-state index contributed by atoms with van der Waals surface area (Å²) < 4.78 is 0. The maximum absolute atomic E-state index is 12.0. The standard InChI is InChI=1S/C15H21ClO/c1-9(2)12-6-7-13(15(17)11(5)16)14(8-12)10(3)4/h6-11H,1-5H3. The molecule has 0 radical (unpaired) electrons. The first kappa shape index (κ1) is 14.2. The molecule has 0 saturated heterocycles. The number of alkyl halides is 1. The quantitative estimate of drug-likeness (QED) is 0.559. The van der Waals surface area contributed by atoms with Gasteiger partial charge in [-0.3, -0.25) is 4.79 Å². The Morgan fingerprint density at radius 1 is 1.06 bits per heavy atom. The van der Waals surface area contributed by atoms with Gasteiger partial charge in [0.15, 0.2) is 5.78 Å². The van der Waals surface area contributed by atoms with Crippen LogP contribution in [-0.2, 0) is 0 Å². The summed E-state index contributed by atoms with van der Waals surface area (Å²) in [6.45, 7) is 10.3. The average Bonchev–Trinajstić information content (AvgIpc) is 2.26. The fourth-order valence-corrected chi connectivity index (χ4v) is 1.97. The number of Topliss-reactive ketones (excluding diaryl/α,β-unsaturated/α-hetero) is 1. The third kappa shape index (κ3) is 3.32. The smallest absolute Gasteiger partial charge is 0.180 e. The normalized spacial score (nSPS) is 13.2. The van der Waals surface area contributed by atoms with Crippen LogP contribution in [0.2, 0.25) is 0 Å². The van der Waals surface area contributed by atoms with E-state index in [1.54, 1.807) is 6.92 Å². The molecule has 94 valence electrons. The lowest BCUT2D eigenvalue weighted by molar-refractivity contribution is 0.0990. The van der Waals surface area contributed by atoms with Crippen molar-refractivity contribution in [3.63, 3.8) is 0 Å². The summed E-state index contributed by atoms with van der Waals surface area (Å²) >= 11 is 5.89. The molecule has 17 heavy (non-hydrogen) atoms. The van der Waals surface area contributed by atoms with E-state index in [4.69, 9.17) is 11.6 Å². The van der Waals surface area contributed by atoms with Crippen molar-refractivity contribution in [1.82, 2.24) is 0 Å². The summed E-state index contributed by atoms with van der Waals surface area (Å²) in [6.07, 6.45) is 0. The molecule has 0 N–H and O–H groups in total. The van der Waals surface area contributed by atoms with Gasteiger partial charge in [-0.2, -0.15) is 0 Å². The molecule has 0 saturated carbocycles. The Hall–Kier alpha value is -0.820. The highest BCUT2D eigenvalue weighted by Gasteiger charge is 2.18. The van der Waals surface area contributed by atoms with Crippen LogP contribution < -0.4 is 0 Å². The fourth-order valence-electron chi connectivity index (χ4n) is 1.86. The van der Waals surface area contributed by atoms with Crippen LogP contribution >= 0.6 is 11.6 Å². The molecule has 0 aliphatic heterocycles. The van der Waals surface area contributed by atoms with Gasteiger partial charge in [0.2, 0.25) is 0 Å². The summed E-state index contributed by atoms with van der Waals surface area (Å²) in [6, 6.07) is 6.09. The van der Waals surface area contributed by atoms with Gasteiger partial charge in [-0.05, 0) is 29.9 Å². The first-order valence-corrected chi connectivity index (χ1v) is 6.60. The van der Waals surface area contributed by atoms with Crippen molar-refractivity contribution in [2.45, 2.75) is 51.8 Å². The second kappa shape index (κ2) is 5.68. The fraction of sp³-hybridized carbons (Fsp3) is 0.533. The van der Waals surface area contributed by atoms with E-state index in [1.807, 2.05) is 12.1 Å². The molecule has 1 aromatic rings. The van der Waals surface area contributed by atoms with Crippen molar-refractivity contribution in [3.8, 4) is 0 Å². The van der Waals surface area contributed by atoms with Crippen LogP contribution in [-0.4, -0.2) is 11.2 Å². The number of ketones is 1. The van der Waals surface area contributed by atoms with Crippen molar-refractivity contribution in [3.05, 3.63) is 34.9 Å². The number of halogens is 1. The number of hydrogen-bond acceptors (Lipinski definition) is 1. The van der Waals surface area contributed by atoms with E-state index in [1.165, 1.54) is 5.56 Å². The predicted molar refractivity (Wildman–Crippen MR) is 74.3 cm³/mol. The first-order chi connectivity index (χ1) is 7.84. The van der Waals surface area contributed by atoms with Gasteiger partial charge in [0.25, 0.3) is 0 Å². The van der Waals surface area contributed by atoms with Gasteiger partial charge in [0.05, 0.1) is 5.38 Å². The molecule has 0 aliphatic carbocycles. The lowest BCUT2D eigenvalue weighted by Gasteiger charge is -2.16. The molecule has 0 aromatic heterocycles.